The van der Waals surface area contributed by atoms with Crippen molar-refractivity contribution in [3.8, 4) is 11.1 Å². The minimum atomic E-state index is -0.373. The fraction of sp³-hybridized carbons (Fsp3) is 0.120. The fourth-order valence-corrected chi connectivity index (χ4v) is 3.41. The number of para-hydroxylation sites is 1. The Hall–Kier alpha value is -3.66. The molecule has 4 aromatic rings. The molecule has 144 valence electrons. The average Bonchev–Trinajstić information content (AvgIpc) is 2.78. The van der Waals surface area contributed by atoms with E-state index in [1.54, 1.807) is 13.1 Å². The predicted molar refractivity (Wildman–Crippen MR) is 117 cm³/mol. The summed E-state index contributed by atoms with van der Waals surface area (Å²) < 4.78 is 5.27. The summed E-state index contributed by atoms with van der Waals surface area (Å²) in [6.07, 6.45) is 1.61. The van der Waals surface area contributed by atoms with Crippen LogP contribution in [0.4, 0.5) is 5.69 Å². The van der Waals surface area contributed by atoms with Gasteiger partial charge in [-0.3, -0.25) is 4.98 Å². The maximum absolute atomic E-state index is 12.6. The van der Waals surface area contributed by atoms with Crippen LogP contribution < -0.4 is 5.32 Å². The predicted octanol–water partition coefficient (Wildman–Crippen LogP) is 5.69. The first-order chi connectivity index (χ1) is 14.3. The standard InChI is InChI=1S/C25H22N2O2/c1-2-29-25(28)22-17-27-23-20(19-12-7-4-8-13-19)14-9-15-21(23)24(22)26-16-18-10-5-3-6-11-18/h3-15,17H,2,16H2,1H3,(H,26,27). The number of fused-ring (bicyclic) bond motifs is 1. The molecule has 4 heteroatoms. The quantitative estimate of drug-likeness (QED) is 0.435. The molecule has 0 atom stereocenters. The van der Waals surface area contributed by atoms with Crippen LogP contribution in [0.15, 0.2) is 85.1 Å². The van der Waals surface area contributed by atoms with Crippen molar-refractivity contribution in [1.82, 2.24) is 4.98 Å². The van der Waals surface area contributed by atoms with Crippen LogP contribution in [0.25, 0.3) is 22.0 Å². The number of aromatic nitrogens is 1. The molecule has 0 aliphatic rings. The Morgan fingerprint density at radius 1 is 0.931 bits per heavy atom. The number of benzene rings is 3. The number of carbonyl (C=O) groups is 1. The van der Waals surface area contributed by atoms with Gasteiger partial charge in [-0.15, -0.1) is 0 Å². The lowest BCUT2D eigenvalue weighted by molar-refractivity contribution is 0.0527. The van der Waals surface area contributed by atoms with Crippen LogP contribution >= 0.6 is 0 Å². The zero-order valence-electron chi connectivity index (χ0n) is 16.3. The maximum atomic E-state index is 12.6. The van der Waals surface area contributed by atoms with Crippen LogP contribution in [0.2, 0.25) is 0 Å². The van der Waals surface area contributed by atoms with E-state index in [2.05, 4.69) is 40.6 Å². The molecule has 0 aliphatic heterocycles. The molecule has 4 nitrogen and oxygen atoms in total. The maximum Gasteiger partial charge on any atom is 0.341 e. The Balaban J connectivity index is 1.84. The van der Waals surface area contributed by atoms with Crippen LogP contribution in [0, 0.1) is 0 Å². The topological polar surface area (TPSA) is 51.2 Å². The van der Waals surface area contributed by atoms with Crippen LogP contribution in [0.3, 0.4) is 0 Å². The molecular weight excluding hydrogens is 360 g/mol. The van der Waals surface area contributed by atoms with Gasteiger partial charge >= 0.3 is 5.97 Å². The van der Waals surface area contributed by atoms with E-state index in [1.165, 1.54) is 0 Å². The SMILES string of the molecule is CCOC(=O)c1cnc2c(-c3ccccc3)cccc2c1NCc1ccccc1. The van der Waals surface area contributed by atoms with Crippen LogP contribution in [-0.4, -0.2) is 17.6 Å². The summed E-state index contributed by atoms with van der Waals surface area (Å²) in [6.45, 7) is 2.72. The van der Waals surface area contributed by atoms with E-state index in [1.807, 2.05) is 48.5 Å². The van der Waals surface area contributed by atoms with Gasteiger partial charge in [0.1, 0.15) is 5.56 Å². The Morgan fingerprint density at radius 3 is 2.38 bits per heavy atom. The molecule has 0 bridgehead atoms. The van der Waals surface area contributed by atoms with Gasteiger partial charge in [0.2, 0.25) is 0 Å². The number of esters is 1. The van der Waals surface area contributed by atoms with Crippen molar-refractivity contribution >= 4 is 22.6 Å². The van der Waals surface area contributed by atoms with E-state index in [0.29, 0.717) is 18.7 Å². The van der Waals surface area contributed by atoms with E-state index in [9.17, 15) is 4.79 Å². The summed E-state index contributed by atoms with van der Waals surface area (Å²) in [5.74, 6) is -0.373. The van der Waals surface area contributed by atoms with Crippen molar-refractivity contribution < 1.29 is 9.53 Å². The highest BCUT2D eigenvalue weighted by atomic mass is 16.5. The third-order valence-corrected chi connectivity index (χ3v) is 4.79. The minimum absolute atomic E-state index is 0.319. The van der Waals surface area contributed by atoms with E-state index < -0.39 is 0 Å². The number of nitrogens with zero attached hydrogens (tertiary/aromatic N) is 1. The van der Waals surface area contributed by atoms with E-state index in [4.69, 9.17) is 4.74 Å². The van der Waals surface area contributed by atoms with Gasteiger partial charge in [-0.1, -0.05) is 78.9 Å². The van der Waals surface area contributed by atoms with Crippen molar-refractivity contribution in [3.05, 3.63) is 96.2 Å². The third kappa shape index (κ3) is 3.97. The van der Waals surface area contributed by atoms with Crippen molar-refractivity contribution in [2.24, 2.45) is 0 Å². The second-order valence-electron chi connectivity index (χ2n) is 6.67. The lowest BCUT2D eigenvalue weighted by atomic mass is 10.00. The lowest BCUT2D eigenvalue weighted by Gasteiger charge is -2.16. The van der Waals surface area contributed by atoms with Crippen LogP contribution in [0.5, 0.6) is 0 Å². The Bertz CT molecular complexity index is 1130. The Labute approximate surface area is 170 Å². The number of rotatable bonds is 6. The zero-order chi connectivity index (χ0) is 20.1. The molecule has 0 spiro atoms. The summed E-state index contributed by atoms with van der Waals surface area (Å²) in [5, 5.41) is 4.35. The normalized spacial score (nSPS) is 10.7. The average molecular weight is 382 g/mol. The molecule has 0 saturated carbocycles. The van der Waals surface area contributed by atoms with Crippen molar-refractivity contribution in [3.63, 3.8) is 0 Å². The number of anilines is 1. The molecule has 1 N–H and O–H groups in total. The second kappa shape index (κ2) is 8.57. The Morgan fingerprint density at radius 2 is 1.66 bits per heavy atom. The third-order valence-electron chi connectivity index (χ3n) is 4.79. The second-order valence-corrected chi connectivity index (χ2v) is 6.67. The molecule has 0 amide bonds. The van der Waals surface area contributed by atoms with Gasteiger partial charge in [0.25, 0.3) is 0 Å². The first-order valence-corrected chi connectivity index (χ1v) is 9.70. The highest BCUT2D eigenvalue weighted by Gasteiger charge is 2.18. The monoisotopic (exact) mass is 382 g/mol. The molecule has 4 rings (SSSR count). The molecule has 29 heavy (non-hydrogen) atoms. The molecule has 0 fully saturated rings. The number of carbonyl (C=O) groups excluding carboxylic acids is 1. The van der Waals surface area contributed by atoms with E-state index in [0.717, 1.165) is 33.3 Å². The summed E-state index contributed by atoms with van der Waals surface area (Å²) in [4.78, 5) is 17.2. The number of nitrogens with one attached hydrogen (secondary N) is 1. The van der Waals surface area contributed by atoms with Gasteiger partial charge < -0.3 is 10.1 Å². The first kappa shape index (κ1) is 18.7. The molecule has 0 saturated heterocycles. The molecule has 1 heterocycles. The van der Waals surface area contributed by atoms with Crippen molar-refractivity contribution in [2.75, 3.05) is 11.9 Å². The van der Waals surface area contributed by atoms with Crippen molar-refractivity contribution in [2.45, 2.75) is 13.5 Å². The number of hydrogen-bond donors (Lipinski definition) is 1. The number of pyridine rings is 1. The van der Waals surface area contributed by atoms with Gasteiger partial charge in [0.05, 0.1) is 17.8 Å². The van der Waals surface area contributed by atoms with Crippen LogP contribution in [-0.2, 0) is 11.3 Å². The molecule has 1 aromatic heterocycles. The largest absolute Gasteiger partial charge is 0.462 e. The minimum Gasteiger partial charge on any atom is -0.462 e. The highest BCUT2D eigenvalue weighted by Crippen LogP contribution is 2.33. The summed E-state index contributed by atoms with van der Waals surface area (Å²) in [6, 6.07) is 26.3. The summed E-state index contributed by atoms with van der Waals surface area (Å²) >= 11 is 0. The highest BCUT2D eigenvalue weighted by molar-refractivity contribution is 6.08. The smallest absolute Gasteiger partial charge is 0.341 e. The lowest BCUT2D eigenvalue weighted by Crippen LogP contribution is -2.11. The molecule has 0 aliphatic carbocycles. The molecule has 0 radical (unpaired) electrons. The first-order valence-electron chi connectivity index (χ1n) is 9.70. The van der Waals surface area contributed by atoms with Gasteiger partial charge in [-0.25, -0.2) is 4.79 Å². The van der Waals surface area contributed by atoms with E-state index >= 15 is 0 Å². The summed E-state index contributed by atoms with van der Waals surface area (Å²) in [5.41, 5.74) is 5.29. The molecule has 0 unspecified atom stereocenters. The van der Waals surface area contributed by atoms with Gasteiger partial charge in [-0.05, 0) is 18.1 Å². The summed E-state index contributed by atoms with van der Waals surface area (Å²) in [7, 11) is 0. The molecule has 3 aromatic carbocycles. The number of hydrogen-bond acceptors (Lipinski definition) is 4. The van der Waals surface area contributed by atoms with Gasteiger partial charge in [0.15, 0.2) is 0 Å². The number of ether oxygens (including phenoxy) is 1. The van der Waals surface area contributed by atoms with E-state index in [-0.39, 0.29) is 5.97 Å². The van der Waals surface area contributed by atoms with Gasteiger partial charge in [0, 0.05) is 23.7 Å². The molecular formula is C25H22N2O2. The zero-order valence-corrected chi connectivity index (χ0v) is 16.3. The van der Waals surface area contributed by atoms with Crippen LogP contribution in [0.1, 0.15) is 22.8 Å². The van der Waals surface area contributed by atoms with Gasteiger partial charge in [-0.2, -0.15) is 0 Å². The Kier molecular flexibility index (Phi) is 5.52. The fourth-order valence-electron chi connectivity index (χ4n) is 3.41. The van der Waals surface area contributed by atoms with Crippen molar-refractivity contribution in [1.29, 1.82) is 0 Å².